The predicted molar refractivity (Wildman–Crippen MR) is 36.8 cm³/mol. The zero-order valence-corrected chi connectivity index (χ0v) is 7.39. The van der Waals surface area contributed by atoms with E-state index < -0.39 is 0 Å². The highest BCUT2D eigenvalue weighted by atomic mass is 28.2. The number of aliphatic hydroxyl groups is 1. The molecule has 0 radical (unpaired) electrons. The van der Waals surface area contributed by atoms with Gasteiger partial charge < -0.3 is 9.53 Å². The van der Waals surface area contributed by atoms with Gasteiger partial charge in [0.1, 0.15) is 10.5 Å². The van der Waals surface area contributed by atoms with Crippen LogP contribution in [0.2, 0.25) is 0 Å². The Morgan fingerprint density at radius 1 is 1.25 bits per heavy atom. The number of rotatable bonds is 5. The molecule has 0 atom stereocenters. The van der Waals surface area contributed by atoms with E-state index in [1.165, 1.54) is 0 Å². The maximum Gasteiger partial charge on any atom is 0.145 e. The van der Waals surface area contributed by atoms with Crippen LogP contribution >= 0.6 is 0 Å². The van der Waals surface area contributed by atoms with Crippen LogP contribution in [-0.4, -0.2) is 28.8 Å². The third-order valence-corrected chi connectivity index (χ3v) is 1.41. The number of unbranched alkanes of at least 4 members (excludes halogenated alkanes) is 2. The van der Waals surface area contributed by atoms with Crippen LogP contribution in [0, 0.1) is 0 Å². The van der Waals surface area contributed by atoms with Crippen LogP contribution in [0.4, 0.5) is 0 Å². The summed E-state index contributed by atoms with van der Waals surface area (Å²) in [6.45, 7) is 1.20. The molecule has 0 saturated carbocycles. The molecule has 0 aliphatic heterocycles. The molecule has 0 heterocycles. The molecule has 0 bridgehead atoms. The summed E-state index contributed by atoms with van der Waals surface area (Å²) in [5.41, 5.74) is 0. The zero-order valence-electron chi connectivity index (χ0n) is 5.39. The molecule has 0 unspecified atom stereocenters. The van der Waals surface area contributed by atoms with E-state index in [-0.39, 0.29) is 0 Å². The molecule has 0 aromatic rings. The van der Waals surface area contributed by atoms with Gasteiger partial charge in [-0.05, 0) is 19.3 Å². The summed E-state index contributed by atoms with van der Waals surface area (Å²) in [5, 5.41) is 8.33. The smallest absolute Gasteiger partial charge is 0.145 e. The second-order valence-electron chi connectivity index (χ2n) is 1.78. The molecule has 3 heteroatoms. The first-order valence-electron chi connectivity index (χ1n) is 3.01. The number of hydrogen-bond donors (Lipinski definition) is 1. The molecular weight excluding hydrogens is 120 g/mol. The molecule has 0 fully saturated rings. The van der Waals surface area contributed by atoms with E-state index in [0.717, 1.165) is 36.4 Å². The van der Waals surface area contributed by atoms with Gasteiger partial charge in [-0.15, -0.1) is 0 Å². The van der Waals surface area contributed by atoms with Gasteiger partial charge in [-0.2, -0.15) is 0 Å². The van der Waals surface area contributed by atoms with Crippen molar-refractivity contribution < 1.29 is 9.53 Å². The van der Waals surface area contributed by atoms with E-state index in [0.29, 0.717) is 6.61 Å². The predicted octanol–water partition coefficient (Wildman–Crippen LogP) is -0.554. The minimum Gasteiger partial charge on any atom is -0.428 e. The van der Waals surface area contributed by atoms with Crippen LogP contribution in [0.15, 0.2) is 0 Å². The van der Waals surface area contributed by atoms with Gasteiger partial charge >= 0.3 is 0 Å². The van der Waals surface area contributed by atoms with Crippen LogP contribution in [0.3, 0.4) is 0 Å². The molecule has 1 N–H and O–H groups in total. The van der Waals surface area contributed by atoms with Gasteiger partial charge in [-0.25, -0.2) is 0 Å². The summed E-state index contributed by atoms with van der Waals surface area (Å²) in [4.78, 5) is 0. The molecule has 0 saturated heterocycles. The first-order chi connectivity index (χ1) is 3.91. The van der Waals surface area contributed by atoms with Crippen LogP contribution in [-0.2, 0) is 4.43 Å². The van der Waals surface area contributed by atoms with Crippen molar-refractivity contribution in [2.24, 2.45) is 0 Å². The summed E-state index contributed by atoms with van der Waals surface area (Å²) < 4.78 is 4.95. The highest BCUT2D eigenvalue weighted by Crippen LogP contribution is 1.92. The molecule has 0 aromatic carbocycles. The minimum absolute atomic E-state index is 0.321. The first kappa shape index (κ1) is 8.14. The van der Waals surface area contributed by atoms with Crippen molar-refractivity contribution in [3.05, 3.63) is 0 Å². The summed E-state index contributed by atoms with van der Waals surface area (Å²) in [6, 6.07) is 0. The van der Waals surface area contributed by atoms with E-state index in [2.05, 4.69) is 0 Å². The van der Waals surface area contributed by atoms with Crippen molar-refractivity contribution in [2.45, 2.75) is 19.3 Å². The Balaban J connectivity index is 2.53. The van der Waals surface area contributed by atoms with Gasteiger partial charge in [-0.1, -0.05) is 0 Å². The van der Waals surface area contributed by atoms with Gasteiger partial charge in [0.15, 0.2) is 0 Å². The van der Waals surface area contributed by atoms with Gasteiger partial charge in [-0.3, -0.25) is 0 Å². The second kappa shape index (κ2) is 7.14. The first-order valence-corrected chi connectivity index (χ1v) is 3.83. The van der Waals surface area contributed by atoms with Crippen molar-refractivity contribution in [1.82, 2.24) is 0 Å². The van der Waals surface area contributed by atoms with Gasteiger partial charge in [0.05, 0.1) is 0 Å². The topological polar surface area (TPSA) is 29.5 Å². The number of hydrogen-bond acceptors (Lipinski definition) is 2. The zero-order chi connectivity index (χ0) is 6.24. The molecule has 0 spiro atoms. The van der Waals surface area contributed by atoms with Crippen molar-refractivity contribution in [1.29, 1.82) is 0 Å². The van der Waals surface area contributed by atoms with Crippen molar-refractivity contribution in [3.63, 3.8) is 0 Å². The molecule has 8 heavy (non-hydrogen) atoms. The molecule has 0 amide bonds. The quantitative estimate of drug-likeness (QED) is 0.404. The SMILES string of the molecule is OCCCCCO[SiH3]. The molecule has 0 rings (SSSR count). The molecule has 2 nitrogen and oxygen atoms in total. The number of aliphatic hydroxyl groups excluding tert-OH is 1. The fourth-order valence-corrected chi connectivity index (χ4v) is 0.824. The average Bonchev–Trinajstić information content (AvgIpc) is 1.81. The van der Waals surface area contributed by atoms with Crippen molar-refractivity contribution >= 4 is 10.5 Å². The average molecular weight is 134 g/mol. The Kier molecular flexibility index (Phi) is 7.26. The third kappa shape index (κ3) is 6.14. The summed E-state index contributed by atoms with van der Waals surface area (Å²) in [7, 11) is 0.845. The van der Waals surface area contributed by atoms with E-state index in [9.17, 15) is 0 Å². The van der Waals surface area contributed by atoms with Crippen LogP contribution < -0.4 is 0 Å². The van der Waals surface area contributed by atoms with E-state index in [4.69, 9.17) is 9.53 Å². The Labute approximate surface area is 53.4 Å². The van der Waals surface area contributed by atoms with Crippen LogP contribution in [0.5, 0.6) is 0 Å². The highest BCUT2D eigenvalue weighted by molar-refractivity contribution is 5.97. The van der Waals surface area contributed by atoms with E-state index >= 15 is 0 Å². The van der Waals surface area contributed by atoms with E-state index in [1.54, 1.807) is 0 Å². The van der Waals surface area contributed by atoms with Crippen LogP contribution in [0.1, 0.15) is 19.3 Å². The summed E-state index contributed by atoms with van der Waals surface area (Å²) in [5.74, 6) is 0. The Morgan fingerprint density at radius 3 is 2.50 bits per heavy atom. The van der Waals surface area contributed by atoms with Gasteiger partial charge in [0, 0.05) is 13.2 Å². The molecular formula is C5H14O2Si. The molecule has 0 aromatic heterocycles. The Morgan fingerprint density at radius 2 is 2.00 bits per heavy atom. The maximum absolute atomic E-state index is 8.33. The second-order valence-corrected chi connectivity index (χ2v) is 2.35. The summed E-state index contributed by atoms with van der Waals surface area (Å²) in [6.07, 6.45) is 3.12. The molecule has 0 aliphatic rings. The summed E-state index contributed by atoms with van der Waals surface area (Å²) >= 11 is 0. The highest BCUT2D eigenvalue weighted by Gasteiger charge is 1.83. The van der Waals surface area contributed by atoms with Crippen molar-refractivity contribution in [3.8, 4) is 0 Å². The lowest BCUT2D eigenvalue weighted by molar-refractivity contribution is 0.272. The third-order valence-electron chi connectivity index (χ3n) is 1.01. The van der Waals surface area contributed by atoms with Gasteiger partial charge in [0.25, 0.3) is 0 Å². The van der Waals surface area contributed by atoms with E-state index in [1.807, 2.05) is 0 Å². The Bertz CT molecular complexity index is 35.4. The molecule has 0 aliphatic carbocycles. The fourth-order valence-electron chi connectivity index (χ4n) is 0.535. The fraction of sp³-hybridized carbons (Fsp3) is 1.00. The lowest BCUT2D eigenvalue weighted by Gasteiger charge is -1.95. The lowest BCUT2D eigenvalue weighted by atomic mass is 10.2. The normalized spacial score (nSPS) is 10.1. The Hall–Kier alpha value is 0.137. The molecule has 50 valence electrons. The minimum atomic E-state index is 0.321. The lowest BCUT2D eigenvalue weighted by Crippen LogP contribution is -1.90. The maximum atomic E-state index is 8.33. The van der Waals surface area contributed by atoms with Crippen LogP contribution in [0.25, 0.3) is 0 Å². The largest absolute Gasteiger partial charge is 0.428 e. The van der Waals surface area contributed by atoms with Crippen molar-refractivity contribution in [2.75, 3.05) is 13.2 Å². The monoisotopic (exact) mass is 134 g/mol. The standard InChI is InChI=1S/C5H14O2Si/c6-4-2-1-3-5-7-8/h6H,1-5H2,8H3. The van der Waals surface area contributed by atoms with Gasteiger partial charge in [0.2, 0.25) is 0 Å².